The molecule has 526 valence electrons. The number of hydrogen-bond donors (Lipinski definition) is 11. The van der Waals surface area contributed by atoms with E-state index in [2.05, 4.69) is 56.4 Å². The fourth-order valence-corrected chi connectivity index (χ4v) is 12.1. The van der Waals surface area contributed by atoms with Gasteiger partial charge in [-0.15, -0.1) is 0 Å². The van der Waals surface area contributed by atoms with Gasteiger partial charge in [0.05, 0.1) is 34.8 Å². The molecule has 4 amide bonds. The molecule has 3 atom stereocenters. The minimum Gasteiger partial charge on any atom is -0.382 e. The SMILES string of the molecule is N#Cc1ccc(-c2nc([C@@H](N)Cc3ccccc3)[nH]c2Cl)cc1F.N#Cc1ccc(-c2nc([C@H](Cc3ccccc3)NC(=O)NCc3cccc(Cl)c3)[nH]c2Cl)cc1F.NCc1cccc(Cl)c1.Nc1n[nH]c2cc(-c3nc([C@H](Cc4ccccc4)NC(=O)NCc4cccc(Cl)c4)[nH]c3Cl)ccc12. The average Bonchev–Trinajstić information content (AvgIpc) is 1.66. The first kappa shape index (κ1) is 75.6. The number of hydrogen-bond acceptors (Lipinski definition) is 11. The molecule has 27 heteroatoms. The van der Waals surface area contributed by atoms with Gasteiger partial charge in [0.25, 0.3) is 0 Å². The Morgan fingerprint density at radius 3 is 1.24 bits per heavy atom. The third kappa shape index (κ3) is 21.0. The first-order chi connectivity index (χ1) is 50.3. The van der Waals surface area contributed by atoms with Crippen LogP contribution in [0.4, 0.5) is 24.2 Å². The average molecular weight is 1510 g/mol. The number of rotatable bonds is 19. The van der Waals surface area contributed by atoms with Gasteiger partial charge in [0.1, 0.15) is 73.8 Å². The Kier molecular flexibility index (Phi) is 26.7. The Labute approximate surface area is 627 Å². The van der Waals surface area contributed by atoms with Gasteiger partial charge in [0.2, 0.25) is 0 Å². The van der Waals surface area contributed by atoms with Gasteiger partial charge in [-0.3, -0.25) is 5.10 Å². The zero-order valence-corrected chi connectivity index (χ0v) is 59.6. The van der Waals surface area contributed by atoms with Crippen LogP contribution in [0, 0.1) is 34.3 Å². The van der Waals surface area contributed by atoms with E-state index in [0.29, 0.717) is 106 Å². The molecule has 0 spiro atoms. The Bertz CT molecular complexity index is 5160. The lowest BCUT2D eigenvalue weighted by Crippen LogP contribution is -2.38. The van der Waals surface area contributed by atoms with E-state index < -0.39 is 29.7 Å². The number of carbonyl (C=O) groups excluding carboxylic acids is 2. The Hall–Kier alpha value is -11.1. The number of fused-ring (bicyclic) bond motifs is 1. The van der Waals surface area contributed by atoms with Crippen LogP contribution in [0.5, 0.6) is 0 Å². The summed E-state index contributed by atoms with van der Waals surface area (Å²) in [6.45, 7) is 1.18. The molecule has 0 saturated heterocycles. The van der Waals surface area contributed by atoms with E-state index in [1.165, 1.54) is 24.3 Å². The topological polar surface area (TPSA) is 323 Å². The minimum absolute atomic E-state index is 0.0218. The van der Waals surface area contributed by atoms with E-state index in [1.54, 1.807) is 42.5 Å². The summed E-state index contributed by atoms with van der Waals surface area (Å²) in [5.41, 5.74) is 27.1. The van der Waals surface area contributed by atoms with Crippen molar-refractivity contribution in [3.05, 3.63) is 323 Å². The van der Waals surface area contributed by atoms with Crippen molar-refractivity contribution in [3.63, 3.8) is 0 Å². The first-order valence-electron chi connectivity index (χ1n) is 32.1. The highest BCUT2D eigenvalue weighted by Crippen LogP contribution is 2.34. The number of urea groups is 2. The molecule has 14 N–H and O–H groups in total. The lowest BCUT2D eigenvalue weighted by molar-refractivity contribution is 0.235. The number of nitrogen functional groups attached to an aromatic ring is 1. The van der Waals surface area contributed by atoms with Gasteiger partial charge in [0, 0.05) is 56.8 Å². The van der Waals surface area contributed by atoms with Crippen LogP contribution in [0.1, 0.15) is 80.1 Å². The standard InChI is InChI=1S/C26H20Cl2FN5O.C26H23Cl2N7O.C18H14ClFN4.C7H8ClN/c27-20-8-4-7-17(11-20)15-31-26(35)32-22(12-16-5-2-1-3-6-16)25-33-23(24(28)34-25)18-9-10-19(14-30)21(29)13-18;27-18-8-4-7-16(11-18)14-30-26(36)31-21(12-15-5-2-1-3-6-15)25-32-22(23(28)33-25)17-9-10-19-20(13-17)34-35-24(19)29;19-17-16(12-6-7-13(10-21)14(20)9-12)23-18(24-17)15(22)8-11-4-2-1-3-5-11;8-7-3-1-2-6(4-7)5-9/h1-11,13,22H,12,15H2,(H,33,34)(H2,31,32,35);1-11,13,21H,12,14H2,(H,32,33)(H3,29,34,35)(H2,30,31,36);1-7,9,15H,8,22H2,(H,23,24);1-4H,5,9H2/t22-;21-;15-;/m000./s1. The number of halogens is 8. The highest BCUT2D eigenvalue weighted by molar-refractivity contribution is 6.33. The molecule has 19 nitrogen and oxygen atoms in total. The van der Waals surface area contributed by atoms with Crippen molar-refractivity contribution in [2.45, 2.75) is 57.0 Å². The second-order valence-corrected chi connectivity index (χ2v) is 25.8. The molecule has 0 radical (unpaired) electrons. The molecular weight excluding hydrogens is 1450 g/mol. The van der Waals surface area contributed by atoms with Crippen LogP contribution in [0.15, 0.2) is 218 Å². The van der Waals surface area contributed by atoms with Gasteiger partial charge in [-0.2, -0.15) is 15.6 Å². The molecule has 4 aromatic heterocycles. The van der Waals surface area contributed by atoms with Crippen molar-refractivity contribution in [2.75, 3.05) is 5.73 Å². The Morgan fingerprint density at radius 1 is 0.462 bits per heavy atom. The highest BCUT2D eigenvalue weighted by Gasteiger charge is 2.25. The lowest BCUT2D eigenvalue weighted by atomic mass is 10.1. The first-order valence-corrected chi connectivity index (χ1v) is 34.4. The predicted molar refractivity (Wildman–Crippen MR) is 406 cm³/mol. The summed E-state index contributed by atoms with van der Waals surface area (Å²) in [6, 6.07) is 66.9. The van der Waals surface area contributed by atoms with E-state index in [4.69, 9.17) is 102 Å². The summed E-state index contributed by atoms with van der Waals surface area (Å²) < 4.78 is 28.0. The molecular formula is C77H65Cl6F2N17O2. The number of benzene rings is 9. The molecule has 13 aromatic rings. The maximum absolute atomic E-state index is 14.2. The Balaban J connectivity index is 0.000000160. The maximum atomic E-state index is 14.2. The van der Waals surface area contributed by atoms with Gasteiger partial charge in [-0.1, -0.05) is 215 Å². The minimum atomic E-state index is -0.662. The number of imidazole rings is 3. The molecule has 0 aliphatic heterocycles. The second kappa shape index (κ2) is 36.7. The van der Waals surface area contributed by atoms with Crippen molar-refractivity contribution >= 4 is 98.4 Å². The Morgan fingerprint density at radius 2 is 0.837 bits per heavy atom. The van der Waals surface area contributed by atoms with Crippen LogP contribution in [0.25, 0.3) is 44.7 Å². The van der Waals surface area contributed by atoms with E-state index in [1.807, 2.05) is 164 Å². The van der Waals surface area contributed by atoms with E-state index in [-0.39, 0.29) is 33.5 Å². The van der Waals surface area contributed by atoms with Gasteiger partial charge >= 0.3 is 12.1 Å². The highest BCUT2D eigenvalue weighted by atomic mass is 35.5. The number of amides is 4. The molecule has 0 unspecified atom stereocenters. The van der Waals surface area contributed by atoms with Crippen LogP contribution in [-0.2, 0) is 38.9 Å². The largest absolute Gasteiger partial charge is 0.382 e. The number of nitriles is 2. The van der Waals surface area contributed by atoms with Crippen molar-refractivity contribution in [1.29, 1.82) is 10.5 Å². The smallest absolute Gasteiger partial charge is 0.315 e. The van der Waals surface area contributed by atoms with Crippen molar-refractivity contribution < 1.29 is 18.4 Å². The van der Waals surface area contributed by atoms with Crippen LogP contribution >= 0.6 is 69.6 Å². The number of H-pyrrole nitrogens is 4. The molecule has 0 saturated carbocycles. The zero-order chi connectivity index (χ0) is 73.7. The van der Waals surface area contributed by atoms with Crippen LogP contribution in [-0.4, -0.2) is 52.2 Å². The number of aromatic amines is 4. The zero-order valence-electron chi connectivity index (χ0n) is 55.0. The number of anilines is 1. The number of nitrogens with zero attached hydrogens (tertiary/aromatic N) is 6. The summed E-state index contributed by atoms with van der Waals surface area (Å²) >= 11 is 36.9. The van der Waals surface area contributed by atoms with E-state index in [9.17, 15) is 18.4 Å². The third-order valence-corrected chi connectivity index (χ3v) is 17.4. The normalized spacial score (nSPS) is 11.6. The summed E-state index contributed by atoms with van der Waals surface area (Å²) in [7, 11) is 0. The van der Waals surface area contributed by atoms with E-state index in [0.717, 1.165) is 54.9 Å². The molecule has 0 aliphatic carbocycles. The fourth-order valence-electron chi connectivity index (χ4n) is 10.7. The van der Waals surface area contributed by atoms with Gasteiger partial charge in [-0.25, -0.2) is 33.3 Å². The van der Waals surface area contributed by atoms with Gasteiger partial charge in [0.15, 0.2) is 5.82 Å². The summed E-state index contributed by atoms with van der Waals surface area (Å²) in [5.74, 6) is 0.650. The third-order valence-electron chi connectivity index (χ3n) is 15.9. The molecule has 0 bridgehead atoms. The van der Waals surface area contributed by atoms with E-state index >= 15 is 0 Å². The van der Waals surface area contributed by atoms with Gasteiger partial charge in [-0.05, 0) is 125 Å². The number of nitrogens with two attached hydrogens (primary N) is 3. The predicted octanol–water partition coefficient (Wildman–Crippen LogP) is 17.6. The number of carbonyl (C=O) groups is 2. The number of nitrogens with one attached hydrogen (secondary N) is 8. The fraction of sp³-hybridized carbons (Fsp3) is 0.117. The molecule has 0 fully saturated rings. The molecule has 9 aromatic carbocycles. The summed E-state index contributed by atoms with van der Waals surface area (Å²) in [4.78, 5) is 48.4. The molecule has 0 aliphatic rings. The van der Waals surface area contributed by atoms with Crippen molar-refractivity contribution in [3.8, 4) is 45.9 Å². The van der Waals surface area contributed by atoms with Crippen molar-refractivity contribution in [1.82, 2.24) is 61.4 Å². The monoisotopic (exact) mass is 1510 g/mol. The lowest BCUT2D eigenvalue weighted by Gasteiger charge is -2.17. The van der Waals surface area contributed by atoms with Crippen LogP contribution < -0.4 is 38.5 Å². The quantitative estimate of drug-likeness (QED) is 0.0361. The van der Waals surface area contributed by atoms with Crippen LogP contribution in [0.2, 0.25) is 30.5 Å². The molecule has 13 rings (SSSR count). The molecule has 104 heavy (non-hydrogen) atoms. The van der Waals surface area contributed by atoms with Gasteiger partial charge < -0.3 is 53.4 Å². The summed E-state index contributed by atoms with van der Waals surface area (Å²) in [5, 5.41) is 40.0. The molecule has 4 heterocycles. The van der Waals surface area contributed by atoms with Crippen molar-refractivity contribution in [2.24, 2.45) is 11.5 Å². The maximum Gasteiger partial charge on any atom is 0.315 e. The second-order valence-electron chi connectivity index (χ2n) is 23.4. The summed E-state index contributed by atoms with van der Waals surface area (Å²) in [6.07, 6.45) is 1.56. The van der Waals surface area contributed by atoms with Crippen LogP contribution in [0.3, 0.4) is 0 Å². The number of aromatic nitrogens is 8.